The van der Waals surface area contributed by atoms with E-state index < -0.39 is 40.1 Å². The van der Waals surface area contributed by atoms with Crippen molar-refractivity contribution in [2.75, 3.05) is 31.2 Å². The minimum absolute atomic E-state index is 0.00311. The Balaban J connectivity index is 1.14. The number of carbonyl (C=O) groups excluding carboxylic acids is 1. The van der Waals surface area contributed by atoms with Gasteiger partial charge >= 0.3 is 5.97 Å². The molecule has 0 bridgehead atoms. The standard InChI is InChI=1S/C29H30F2N4O7/c30-21-9-15(18-10-16(13-36)32-27(18)38)1-4-23(21)42-14-29(41)5-7-34(8-6-29)26-22(31)11-19-24(37)20(28(39)40)12-35(17-2-3-17)25(19)33-26/h1,4,9,11-12,16-18,36,41H,2-3,5-8,10,13-14H2,(H,32,38)(H,39,40)/t16?,18-/m1/s1. The predicted molar refractivity (Wildman–Crippen MR) is 146 cm³/mol. The Morgan fingerprint density at radius 3 is 2.50 bits per heavy atom. The number of amides is 1. The summed E-state index contributed by atoms with van der Waals surface area (Å²) in [4.78, 5) is 42.5. The number of nitrogens with zero attached hydrogens (tertiary/aromatic N) is 3. The first kappa shape index (κ1) is 28.0. The molecule has 0 radical (unpaired) electrons. The maximum Gasteiger partial charge on any atom is 0.341 e. The smallest absolute Gasteiger partial charge is 0.341 e. The third-order valence-corrected chi connectivity index (χ3v) is 8.36. The van der Waals surface area contributed by atoms with Gasteiger partial charge in [-0.2, -0.15) is 0 Å². The highest BCUT2D eigenvalue weighted by molar-refractivity contribution is 5.92. The number of aromatic nitrogens is 2. The largest absolute Gasteiger partial charge is 0.488 e. The zero-order valence-electron chi connectivity index (χ0n) is 22.6. The molecule has 6 rings (SSSR count). The van der Waals surface area contributed by atoms with Gasteiger partial charge in [0.25, 0.3) is 0 Å². The van der Waals surface area contributed by atoms with Crippen LogP contribution in [0.1, 0.15) is 60.0 Å². The number of fused-ring (bicyclic) bond motifs is 1. The molecule has 1 amide bonds. The van der Waals surface area contributed by atoms with Crippen LogP contribution in [-0.4, -0.2) is 74.7 Å². The van der Waals surface area contributed by atoms with E-state index >= 15 is 4.39 Å². The number of pyridine rings is 2. The van der Waals surface area contributed by atoms with Crippen molar-refractivity contribution in [3.63, 3.8) is 0 Å². The first-order chi connectivity index (χ1) is 20.1. The van der Waals surface area contributed by atoms with Crippen molar-refractivity contribution < 1.29 is 38.4 Å². The molecule has 3 fully saturated rings. The van der Waals surface area contributed by atoms with Gasteiger partial charge in [-0.15, -0.1) is 0 Å². The molecular formula is C29H30F2N4O7. The van der Waals surface area contributed by atoms with Gasteiger partial charge in [-0.25, -0.2) is 18.6 Å². The maximum atomic E-state index is 15.2. The lowest BCUT2D eigenvalue weighted by Gasteiger charge is -2.38. The Kier molecular flexibility index (Phi) is 7.09. The molecule has 222 valence electrons. The third-order valence-electron chi connectivity index (χ3n) is 8.36. The number of aliphatic hydroxyl groups excluding tert-OH is 1. The van der Waals surface area contributed by atoms with Crippen LogP contribution < -0.4 is 20.4 Å². The van der Waals surface area contributed by atoms with Gasteiger partial charge in [0.2, 0.25) is 11.3 Å². The van der Waals surface area contributed by atoms with E-state index in [1.807, 2.05) is 0 Å². The summed E-state index contributed by atoms with van der Waals surface area (Å²) in [7, 11) is 0. The second-order valence-corrected chi connectivity index (χ2v) is 11.3. The number of hydrogen-bond acceptors (Lipinski definition) is 8. The van der Waals surface area contributed by atoms with E-state index in [0.717, 1.165) is 18.9 Å². The molecule has 11 nitrogen and oxygen atoms in total. The summed E-state index contributed by atoms with van der Waals surface area (Å²) in [5, 5.41) is 32.4. The molecule has 1 saturated carbocycles. The van der Waals surface area contributed by atoms with E-state index in [1.54, 1.807) is 15.5 Å². The highest BCUT2D eigenvalue weighted by Gasteiger charge is 2.36. The molecule has 2 atom stereocenters. The average Bonchev–Trinajstić information content (AvgIpc) is 3.74. The van der Waals surface area contributed by atoms with E-state index in [9.17, 15) is 34.1 Å². The number of hydrogen-bond donors (Lipinski definition) is 4. The molecule has 2 saturated heterocycles. The summed E-state index contributed by atoms with van der Waals surface area (Å²) in [6, 6.07) is 4.87. The number of halogens is 2. The van der Waals surface area contributed by atoms with Crippen LogP contribution in [0.3, 0.4) is 0 Å². The Morgan fingerprint density at radius 1 is 1.14 bits per heavy atom. The van der Waals surface area contributed by atoms with E-state index in [0.29, 0.717) is 12.0 Å². The number of rotatable bonds is 8. The number of aromatic carboxylic acids is 1. The summed E-state index contributed by atoms with van der Waals surface area (Å²) in [6.07, 6.45) is 3.57. The lowest BCUT2D eigenvalue weighted by molar-refractivity contribution is -0.120. The van der Waals surface area contributed by atoms with Gasteiger partial charge in [-0.3, -0.25) is 9.59 Å². The second-order valence-electron chi connectivity index (χ2n) is 11.3. The van der Waals surface area contributed by atoms with Crippen LogP contribution in [0.2, 0.25) is 0 Å². The topological polar surface area (TPSA) is 154 Å². The van der Waals surface area contributed by atoms with Gasteiger partial charge in [0.15, 0.2) is 23.2 Å². The van der Waals surface area contributed by atoms with Crippen LogP contribution >= 0.6 is 0 Å². The number of benzene rings is 1. The van der Waals surface area contributed by atoms with Crippen molar-refractivity contribution in [1.29, 1.82) is 0 Å². The van der Waals surface area contributed by atoms with Gasteiger partial charge in [0.05, 0.1) is 24.0 Å². The fraction of sp³-hybridized carbons (Fsp3) is 0.448. The van der Waals surface area contributed by atoms with E-state index in [1.165, 1.54) is 18.3 Å². The van der Waals surface area contributed by atoms with Crippen LogP contribution in [0.15, 0.2) is 35.3 Å². The predicted octanol–water partition coefficient (Wildman–Crippen LogP) is 2.08. The Bertz CT molecular complexity index is 1630. The molecule has 2 aromatic heterocycles. The summed E-state index contributed by atoms with van der Waals surface area (Å²) >= 11 is 0. The Morgan fingerprint density at radius 2 is 1.88 bits per heavy atom. The summed E-state index contributed by atoms with van der Waals surface area (Å²) < 4.78 is 37.3. The highest BCUT2D eigenvalue weighted by atomic mass is 19.1. The molecule has 42 heavy (non-hydrogen) atoms. The van der Waals surface area contributed by atoms with Crippen LogP contribution in [0.5, 0.6) is 5.75 Å². The molecule has 0 spiro atoms. The first-order valence-electron chi connectivity index (χ1n) is 13.9. The molecule has 1 aliphatic carbocycles. The fourth-order valence-corrected chi connectivity index (χ4v) is 5.74. The van der Waals surface area contributed by atoms with Crippen LogP contribution in [-0.2, 0) is 4.79 Å². The van der Waals surface area contributed by atoms with Crippen molar-refractivity contribution >= 4 is 28.7 Å². The van der Waals surface area contributed by atoms with Gasteiger partial charge in [0.1, 0.15) is 23.4 Å². The molecule has 4 heterocycles. The van der Waals surface area contributed by atoms with Crippen molar-refractivity contribution in [3.8, 4) is 5.75 Å². The molecule has 13 heteroatoms. The zero-order chi connectivity index (χ0) is 29.8. The second kappa shape index (κ2) is 10.6. The van der Waals surface area contributed by atoms with E-state index in [-0.39, 0.29) is 79.7 Å². The van der Waals surface area contributed by atoms with Crippen LogP contribution in [0.25, 0.3) is 11.0 Å². The zero-order valence-corrected chi connectivity index (χ0v) is 22.6. The summed E-state index contributed by atoms with van der Waals surface area (Å²) in [5.74, 6) is -3.75. The average molecular weight is 585 g/mol. The van der Waals surface area contributed by atoms with Crippen LogP contribution in [0, 0.1) is 11.6 Å². The molecule has 1 unspecified atom stereocenters. The van der Waals surface area contributed by atoms with Crippen molar-refractivity contribution in [2.24, 2.45) is 0 Å². The molecule has 4 N–H and O–H groups in total. The van der Waals surface area contributed by atoms with Crippen molar-refractivity contribution in [1.82, 2.24) is 14.9 Å². The Labute approximate surface area is 238 Å². The molecule has 3 aromatic rings. The number of carbonyl (C=O) groups is 2. The molecule has 1 aromatic carbocycles. The number of anilines is 1. The number of carboxylic acid groups (broad SMARTS) is 1. The number of piperidine rings is 1. The Hall–Kier alpha value is -4.10. The van der Waals surface area contributed by atoms with Gasteiger partial charge in [-0.1, -0.05) is 6.07 Å². The third kappa shape index (κ3) is 5.18. The van der Waals surface area contributed by atoms with E-state index in [2.05, 4.69) is 10.3 Å². The van der Waals surface area contributed by atoms with Gasteiger partial charge in [0, 0.05) is 25.3 Å². The molecular weight excluding hydrogens is 554 g/mol. The lowest BCUT2D eigenvalue weighted by Crippen LogP contribution is -2.48. The number of nitrogens with one attached hydrogen (secondary N) is 1. The van der Waals surface area contributed by atoms with Crippen molar-refractivity contribution in [2.45, 2.75) is 55.7 Å². The van der Waals surface area contributed by atoms with E-state index in [4.69, 9.17) is 4.74 Å². The maximum absolute atomic E-state index is 15.2. The minimum atomic E-state index is -1.38. The summed E-state index contributed by atoms with van der Waals surface area (Å²) in [6.45, 7) is 0.0157. The highest BCUT2D eigenvalue weighted by Crippen LogP contribution is 2.38. The minimum Gasteiger partial charge on any atom is -0.488 e. The van der Waals surface area contributed by atoms with Gasteiger partial charge in [-0.05, 0) is 55.9 Å². The molecule has 2 aliphatic heterocycles. The van der Waals surface area contributed by atoms with Gasteiger partial charge < -0.3 is 34.8 Å². The summed E-state index contributed by atoms with van der Waals surface area (Å²) in [5.41, 5.74) is -1.86. The lowest BCUT2D eigenvalue weighted by atomic mass is 9.92. The number of ether oxygens (including phenoxy) is 1. The normalized spacial score (nSPS) is 21.9. The quantitative estimate of drug-likeness (QED) is 0.312. The fourth-order valence-electron chi connectivity index (χ4n) is 5.74. The monoisotopic (exact) mass is 584 g/mol. The number of aliphatic hydroxyl groups is 2. The molecule has 3 aliphatic rings. The van der Waals surface area contributed by atoms with Crippen molar-refractivity contribution in [3.05, 3.63) is 63.4 Å². The van der Waals surface area contributed by atoms with Crippen LogP contribution in [0.4, 0.5) is 14.6 Å². The SMILES string of the molecule is O=C(O)c1cn(C2CC2)c2nc(N3CCC(O)(COc4ccc([C@H]5CC(CO)NC5=O)cc4F)CC3)c(F)cc2c1=O. The number of carboxylic acids is 1. The first-order valence-corrected chi connectivity index (χ1v) is 13.9.